The highest BCUT2D eigenvalue weighted by atomic mass is 32.2. The highest BCUT2D eigenvalue weighted by Gasteiger charge is 2.41. The smallest absolute Gasteiger partial charge is 0.243 e. The Morgan fingerprint density at radius 2 is 1.70 bits per heavy atom. The molecule has 0 aliphatic carbocycles. The van der Waals surface area contributed by atoms with E-state index in [1.807, 2.05) is 4.90 Å². The van der Waals surface area contributed by atoms with Gasteiger partial charge in [0.25, 0.3) is 0 Å². The summed E-state index contributed by atoms with van der Waals surface area (Å²) in [6.07, 6.45) is 3.20. The van der Waals surface area contributed by atoms with Crippen LogP contribution in [-0.4, -0.2) is 63.4 Å². The lowest BCUT2D eigenvalue weighted by atomic mass is 9.98. The third-order valence-corrected chi connectivity index (χ3v) is 7.45. The van der Waals surface area contributed by atoms with E-state index in [9.17, 15) is 13.2 Å². The number of benzene rings is 1. The number of rotatable bonds is 5. The maximum absolute atomic E-state index is 13.2. The van der Waals surface area contributed by atoms with Crippen molar-refractivity contribution in [1.29, 1.82) is 0 Å². The molecule has 0 radical (unpaired) electrons. The summed E-state index contributed by atoms with van der Waals surface area (Å²) in [5.41, 5.74) is 0. The van der Waals surface area contributed by atoms with Gasteiger partial charge >= 0.3 is 0 Å². The number of amides is 1. The third-order valence-electron chi connectivity index (χ3n) is 5.55. The van der Waals surface area contributed by atoms with E-state index in [1.54, 1.807) is 6.07 Å². The van der Waals surface area contributed by atoms with E-state index in [1.165, 1.54) is 30.7 Å². The first-order valence-corrected chi connectivity index (χ1v) is 10.8. The van der Waals surface area contributed by atoms with Crippen LogP contribution >= 0.6 is 0 Å². The Bertz CT molecular complexity index is 787. The zero-order valence-electron chi connectivity index (χ0n) is 16.2. The van der Waals surface area contributed by atoms with Crippen molar-refractivity contribution in [3.05, 3.63) is 18.2 Å². The summed E-state index contributed by atoms with van der Waals surface area (Å²) < 4.78 is 38.2. The zero-order valence-corrected chi connectivity index (χ0v) is 17.0. The van der Waals surface area contributed by atoms with Crippen LogP contribution in [0, 0.1) is 5.92 Å². The predicted molar refractivity (Wildman–Crippen MR) is 101 cm³/mol. The van der Waals surface area contributed by atoms with Crippen molar-refractivity contribution in [3.63, 3.8) is 0 Å². The topological polar surface area (TPSA) is 76.2 Å². The fourth-order valence-electron chi connectivity index (χ4n) is 3.83. The van der Waals surface area contributed by atoms with Gasteiger partial charge in [-0.25, -0.2) is 8.42 Å². The van der Waals surface area contributed by atoms with Gasteiger partial charge in [-0.05, 0) is 43.7 Å². The number of hydrogen-bond acceptors (Lipinski definition) is 5. The first-order valence-electron chi connectivity index (χ1n) is 9.41. The van der Waals surface area contributed by atoms with Crippen LogP contribution in [-0.2, 0) is 14.8 Å². The predicted octanol–water partition coefficient (Wildman–Crippen LogP) is 2.12. The number of hydrogen-bond donors (Lipinski definition) is 0. The molecule has 1 aromatic carbocycles. The van der Waals surface area contributed by atoms with Crippen molar-refractivity contribution in [3.8, 4) is 11.5 Å². The molecular weight excluding hydrogens is 368 g/mol. The number of sulfonamides is 1. The van der Waals surface area contributed by atoms with E-state index in [-0.39, 0.29) is 10.8 Å². The van der Waals surface area contributed by atoms with Gasteiger partial charge in [0.1, 0.15) is 6.04 Å². The summed E-state index contributed by atoms with van der Waals surface area (Å²) >= 11 is 0. The Kier molecular flexibility index (Phi) is 5.95. The van der Waals surface area contributed by atoms with Gasteiger partial charge < -0.3 is 14.4 Å². The van der Waals surface area contributed by atoms with Crippen molar-refractivity contribution < 1.29 is 22.7 Å². The molecule has 27 heavy (non-hydrogen) atoms. The molecular formula is C19H28N2O5S. The van der Waals surface area contributed by atoms with Crippen LogP contribution in [0.4, 0.5) is 0 Å². The van der Waals surface area contributed by atoms with Gasteiger partial charge in [-0.15, -0.1) is 0 Å². The van der Waals surface area contributed by atoms with Gasteiger partial charge in [0, 0.05) is 25.7 Å². The quantitative estimate of drug-likeness (QED) is 0.762. The molecule has 2 saturated heterocycles. The Balaban J connectivity index is 1.84. The minimum atomic E-state index is -3.79. The van der Waals surface area contributed by atoms with E-state index in [4.69, 9.17) is 9.47 Å². The normalized spacial score (nSPS) is 22.0. The molecule has 0 saturated carbocycles. The number of carbonyl (C=O) groups is 1. The number of carbonyl (C=O) groups excluding carboxylic acids is 1. The van der Waals surface area contributed by atoms with Crippen molar-refractivity contribution in [1.82, 2.24) is 9.21 Å². The first-order chi connectivity index (χ1) is 12.9. The summed E-state index contributed by atoms with van der Waals surface area (Å²) in [6, 6.07) is 3.91. The molecule has 1 atom stereocenters. The molecule has 0 bridgehead atoms. The lowest BCUT2D eigenvalue weighted by Gasteiger charge is -2.34. The number of piperidine rings is 1. The highest BCUT2D eigenvalue weighted by Crippen LogP contribution is 2.33. The molecule has 2 aliphatic heterocycles. The van der Waals surface area contributed by atoms with Gasteiger partial charge in [-0.3, -0.25) is 4.79 Å². The van der Waals surface area contributed by atoms with Crippen molar-refractivity contribution in [2.75, 3.05) is 33.9 Å². The lowest BCUT2D eigenvalue weighted by molar-refractivity contribution is -0.135. The molecule has 150 valence electrons. The Morgan fingerprint density at radius 3 is 2.33 bits per heavy atom. The van der Waals surface area contributed by atoms with Crippen molar-refractivity contribution in [2.24, 2.45) is 5.92 Å². The van der Waals surface area contributed by atoms with E-state index < -0.39 is 16.1 Å². The summed E-state index contributed by atoms with van der Waals surface area (Å²) in [5.74, 6) is 1.37. The van der Waals surface area contributed by atoms with Crippen LogP contribution in [0.15, 0.2) is 23.1 Å². The van der Waals surface area contributed by atoms with Crippen LogP contribution in [0.3, 0.4) is 0 Å². The third kappa shape index (κ3) is 3.91. The number of nitrogens with zero attached hydrogens (tertiary/aromatic N) is 2. The molecule has 3 rings (SSSR count). The Morgan fingerprint density at radius 1 is 1.04 bits per heavy atom. The average molecular weight is 397 g/mol. The van der Waals surface area contributed by atoms with Crippen LogP contribution < -0.4 is 9.47 Å². The van der Waals surface area contributed by atoms with E-state index >= 15 is 0 Å². The molecule has 2 heterocycles. The van der Waals surface area contributed by atoms with Crippen LogP contribution in [0.25, 0.3) is 0 Å². The minimum Gasteiger partial charge on any atom is -0.493 e. The molecule has 2 fully saturated rings. The number of ether oxygens (including phenoxy) is 2. The lowest BCUT2D eigenvalue weighted by Crippen LogP contribution is -2.49. The standard InChI is InChI=1S/C19H28N2O5S/c1-14-8-11-20(12-9-14)19(22)16-5-4-10-21(16)27(23,24)15-6-7-17(25-2)18(13-15)26-3/h6-7,13-14,16H,4-5,8-12H2,1-3H3/t16-/m0/s1. The molecule has 1 aromatic rings. The molecule has 2 aliphatic rings. The second kappa shape index (κ2) is 8.06. The van der Waals surface area contributed by atoms with E-state index in [0.29, 0.717) is 49.9 Å². The molecule has 1 amide bonds. The van der Waals surface area contributed by atoms with Gasteiger partial charge in [0.05, 0.1) is 19.1 Å². The maximum Gasteiger partial charge on any atom is 0.243 e. The van der Waals surface area contributed by atoms with Crippen molar-refractivity contribution >= 4 is 15.9 Å². The SMILES string of the molecule is COc1ccc(S(=O)(=O)N2CCC[C@H]2C(=O)N2CCC(C)CC2)cc1OC. The summed E-state index contributed by atoms with van der Waals surface area (Å²) in [5, 5.41) is 0. The van der Waals surface area contributed by atoms with Gasteiger partial charge in [-0.2, -0.15) is 4.31 Å². The van der Waals surface area contributed by atoms with Crippen molar-refractivity contribution in [2.45, 2.75) is 43.5 Å². The second-order valence-electron chi connectivity index (χ2n) is 7.30. The largest absolute Gasteiger partial charge is 0.493 e. The number of likely N-dealkylation sites (tertiary alicyclic amines) is 1. The van der Waals surface area contributed by atoms with E-state index in [0.717, 1.165) is 12.8 Å². The fourth-order valence-corrected chi connectivity index (χ4v) is 5.49. The van der Waals surface area contributed by atoms with Crippen LogP contribution in [0.5, 0.6) is 11.5 Å². The number of methoxy groups -OCH3 is 2. The van der Waals surface area contributed by atoms with Gasteiger partial charge in [-0.1, -0.05) is 6.92 Å². The van der Waals surface area contributed by atoms with E-state index in [2.05, 4.69) is 6.92 Å². The van der Waals surface area contributed by atoms with Crippen LogP contribution in [0.2, 0.25) is 0 Å². The molecule has 7 nitrogen and oxygen atoms in total. The second-order valence-corrected chi connectivity index (χ2v) is 9.19. The molecule has 0 aromatic heterocycles. The average Bonchev–Trinajstić information content (AvgIpc) is 3.18. The monoisotopic (exact) mass is 396 g/mol. The van der Waals surface area contributed by atoms with Crippen LogP contribution in [0.1, 0.15) is 32.6 Å². The van der Waals surface area contributed by atoms with Gasteiger partial charge in [0.2, 0.25) is 15.9 Å². The maximum atomic E-state index is 13.2. The summed E-state index contributed by atoms with van der Waals surface area (Å²) in [4.78, 5) is 14.9. The summed E-state index contributed by atoms with van der Waals surface area (Å²) in [6.45, 7) is 3.96. The molecule has 0 N–H and O–H groups in total. The Hall–Kier alpha value is -1.80. The first kappa shape index (κ1) is 19.9. The molecule has 0 unspecified atom stereocenters. The molecule has 8 heteroatoms. The zero-order chi connectivity index (χ0) is 19.6. The summed E-state index contributed by atoms with van der Waals surface area (Å²) in [7, 11) is -0.823. The van der Waals surface area contributed by atoms with Gasteiger partial charge in [0.15, 0.2) is 11.5 Å². The fraction of sp³-hybridized carbons (Fsp3) is 0.632. The minimum absolute atomic E-state index is 0.0662. The highest BCUT2D eigenvalue weighted by molar-refractivity contribution is 7.89. The molecule has 0 spiro atoms. The Labute approximate surface area is 161 Å².